The third-order valence-electron chi connectivity index (χ3n) is 2.66. The van der Waals surface area contributed by atoms with Crippen LogP contribution in [0.4, 0.5) is 13.2 Å². The van der Waals surface area contributed by atoms with Gasteiger partial charge in [-0.3, -0.25) is 0 Å². The molecule has 1 aromatic carbocycles. The number of nitrogens with two attached hydrogens (primary N) is 1. The molecule has 0 atom stereocenters. The summed E-state index contributed by atoms with van der Waals surface area (Å²) in [6.45, 7) is 0.0372. The minimum atomic E-state index is -4.60. The molecule has 112 valence electrons. The molecule has 0 amide bonds. The van der Waals surface area contributed by atoms with Gasteiger partial charge in [0.2, 0.25) is 0 Å². The van der Waals surface area contributed by atoms with Crippen molar-refractivity contribution < 1.29 is 23.1 Å². The van der Waals surface area contributed by atoms with Gasteiger partial charge < -0.3 is 15.7 Å². The van der Waals surface area contributed by atoms with E-state index in [1.807, 2.05) is 5.38 Å². The van der Waals surface area contributed by atoms with Crippen LogP contribution in [0, 0.1) is 0 Å². The standard InChI is InChI=1S/C13H11F3N2O2S/c14-13(15,16)10-5-9(12(17)18-19)1-2-11(10)20-6-8-3-4-21-7-8/h1-5,7,19H,6H2,(H2,17,18). The van der Waals surface area contributed by atoms with Gasteiger partial charge >= 0.3 is 6.18 Å². The number of nitrogens with zero attached hydrogens (tertiary/aromatic N) is 1. The van der Waals surface area contributed by atoms with Crippen molar-refractivity contribution in [1.29, 1.82) is 0 Å². The van der Waals surface area contributed by atoms with Crippen LogP contribution in [0.3, 0.4) is 0 Å². The Balaban J connectivity index is 2.31. The molecule has 0 fully saturated rings. The molecule has 0 bridgehead atoms. The van der Waals surface area contributed by atoms with Gasteiger partial charge in [-0.05, 0) is 40.6 Å². The maximum absolute atomic E-state index is 13.0. The van der Waals surface area contributed by atoms with E-state index in [1.165, 1.54) is 17.4 Å². The number of ether oxygens (including phenoxy) is 1. The fourth-order valence-electron chi connectivity index (χ4n) is 1.63. The second kappa shape index (κ2) is 6.04. The summed E-state index contributed by atoms with van der Waals surface area (Å²) >= 11 is 1.43. The molecule has 4 nitrogen and oxygen atoms in total. The molecule has 0 radical (unpaired) electrons. The highest BCUT2D eigenvalue weighted by Crippen LogP contribution is 2.37. The molecule has 0 aliphatic heterocycles. The van der Waals surface area contributed by atoms with Gasteiger partial charge in [-0.1, -0.05) is 5.16 Å². The van der Waals surface area contributed by atoms with Gasteiger partial charge in [-0.25, -0.2) is 0 Å². The summed E-state index contributed by atoms with van der Waals surface area (Å²) < 4.78 is 44.3. The molecule has 3 N–H and O–H groups in total. The Bertz CT molecular complexity index is 639. The highest BCUT2D eigenvalue weighted by atomic mass is 32.1. The Kier molecular flexibility index (Phi) is 4.37. The maximum Gasteiger partial charge on any atom is 0.419 e. The van der Waals surface area contributed by atoms with Gasteiger partial charge in [0.05, 0.1) is 5.56 Å². The van der Waals surface area contributed by atoms with Crippen LogP contribution < -0.4 is 10.5 Å². The van der Waals surface area contributed by atoms with Gasteiger partial charge in [-0.2, -0.15) is 24.5 Å². The summed E-state index contributed by atoms with van der Waals surface area (Å²) in [7, 11) is 0. The number of rotatable bonds is 4. The molecule has 0 aliphatic rings. The van der Waals surface area contributed by atoms with Crippen molar-refractivity contribution in [2.75, 3.05) is 0 Å². The molecular weight excluding hydrogens is 305 g/mol. The molecule has 2 rings (SSSR count). The summed E-state index contributed by atoms with van der Waals surface area (Å²) in [4.78, 5) is 0. The van der Waals surface area contributed by atoms with Crippen LogP contribution >= 0.6 is 11.3 Å². The topological polar surface area (TPSA) is 67.8 Å². The van der Waals surface area contributed by atoms with Crippen molar-refractivity contribution in [2.45, 2.75) is 12.8 Å². The molecule has 0 unspecified atom stereocenters. The largest absolute Gasteiger partial charge is 0.488 e. The average molecular weight is 316 g/mol. The Morgan fingerprint density at radius 1 is 1.33 bits per heavy atom. The van der Waals surface area contributed by atoms with Crippen molar-refractivity contribution >= 4 is 17.2 Å². The second-order valence-electron chi connectivity index (χ2n) is 4.11. The van der Waals surface area contributed by atoms with Gasteiger partial charge in [0, 0.05) is 5.56 Å². The number of hydrogen-bond donors (Lipinski definition) is 2. The molecule has 21 heavy (non-hydrogen) atoms. The maximum atomic E-state index is 13.0. The van der Waals surface area contributed by atoms with Gasteiger partial charge in [0.15, 0.2) is 5.84 Å². The van der Waals surface area contributed by atoms with Crippen LogP contribution in [0.1, 0.15) is 16.7 Å². The zero-order chi connectivity index (χ0) is 15.5. The molecular formula is C13H11F3N2O2S. The summed E-state index contributed by atoms with van der Waals surface area (Å²) in [6, 6.07) is 5.01. The van der Waals surface area contributed by atoms with E-state index in [1.54, 1.807) is 11.4 Å². The van der Waals surface area contributed by atoms with Crippen LogP contribution in [0.5, 0.6) is 5.75 Å². The van der Waals surface area contributed by atoms with Crippen LogP contribution in [0.25, 0.3) is 0 Å². The monoisotopic (exact) mass is 316 g/mol. The minimum absolute atomic E-state index is 0.0345. The van der Waals surface area contributed by atoms with Crippen molar-refractivity contribution in [3.8, 4) is 5.75 Å². The van der Waals surface area contributed by atoms with Gasteiger partial charge in [0.25, 0.3) is 0 Å². The van der Waals surface area contributed by atoms with E-state index in [2.05, 4.69) is 5.16 Å². The number of amidine groups is 1. The van der Waals surface area contributed by atoms with Crippen molar-refractivity contribution in [3.05, 3.63) is 51.7 Å². The molecule has 1 aromatic heterocycles. The first kappa shape index (κ1) is 15.2. The SMILES string of the molecule is N/C(=N/O)c1ccc(OCc2ccsc2)c(C(F)(F)F)c1. The lowest BCUT2D eigenvalue weighted by Gasteiger charge is -2.14. The minimum Gasteiger partial charge on any atom is -0.488 e. The number of thiophene rings is 1. The number of alkyl halides is 3. The van der Waals surface area contributed by atoms with E-state index in [4.69, 9.17) is 15.7 Å². The number of halogens is 3. The molecule has 8 heteroatoms. The number of hydrogen-bond acceptors (Lipinski definition) is 4. The number of benzene rings is 1. The Labute approximate surface area is 122 Å². The molecule has 0 saturated carbocycles. The van der Waals surface area contributed by atoms with Crippen LogP contribution in [0.15, 0.2) is 40.2 Å². The lowest BCUT2D eigenvalue weighted by Crippen LogP contribution is -2.16. The highest BCUT2D eigenvalue weighted by molar-refractivity contribution is 7.07. The van der Waals surface area contributed by atoms with Crippen molar-refractivity contribution in [2.24, 2.45) is 10.9 Å². The average Bonchev–Trinajstić information content (AvgIpc) is 2.96. The van der Waals surface area contributed by atoms with Crippen LogP contribution in [0.2, 0.25) is 0 Å². The van der Waals surface area contributed by atoms with E-state index in [9.17, 15) is 13.2 Å². The zero-order valence-electron chi connectivity index (χ0n) is 10.6. The lowest BCUT2D eigenvalue weighted by atomic mass is 10.1. The quantitative estimate of drug-likeness (QED) is 0.393. The Morgan fingerprint density at radius 3 is 2.67 bits per heavy atom. The second-order valence-corrected chi connectivity index (χ2v) is 4.89. The predicted octanol–water partition coefficient (Wildman–Crippen LogP) is 3.44. The van der Waals surface area contributed by atoms with Crippen molar-refractivity contribution in [1.82, 2.24) is 0 Å². The van der Waals surface area contributed by atoms with E-state index in [-0.39, 0.29) is 17.9 Å². The first-order valence-corrected chi connectivity index (χ1v) is 6.69. The van der Waals surface area contributed by atoms with Gasteiger partial charge in [-0.15, -0.1) is 0 Å². The van der Waals surface area contributed by atoms with E-state index in [0.717, 1.165) is 17.7 Å². The normalized spacial score (nSPS) is 12.4. The molecule has 1 heterocycles. The smallest absolute Gasteiger partial charge is 0.419 e. The number of oxime groups is 1. The van der Waals surface area contributed by atoms with E-state index in [0.29, 0.717) is 0 Å². The van der Waals surface area contributed by atoms with Crippen LogP contribution in [-0.4, -0.2) is 11.0 Å². The van der Waals surface area contributed by atoms with Crippen molar-refractivity contribution in [3.63, 3.8) is 0 Å². The summed E-state index contributed by atoms with van der Waals surface area (Å²) in [5.41, 5.74) is 5.08. The highest BCUT2D eigenvalue weighted by Gasteiger charge is 2.35. The fourth-order valence-corrected chi connectivity index (χ4v) is 2.28. The predicted molar refractivity (Wildman–Crippen MR) is 72.6 cm³/mol. The first-order chi connectivity index (χ1) is 9.91. The van der Waals surface area contributed by atoms with E-state index >= 15 is 0 Å². The third-order valence-corrected chi connectivity index (χ3v) is 3.39. The van der Waals surface area contributed by atoms with E-state index < -0.39 is 17.6 Å². The molecule has 2 aromatic rings. The Morgan fingerprint density at radius 2 is 2.10 bits per heavy atom. The molecule has 0 saturated heterocycles. The lowest BCUT2D eigenvalue weighted by molar-refractivity contribution is -0.139. The summed E-state index contributed by atoms with van der Waals surface area (Å²) in [5.74, 6) is -0.701. The summed E-state index contributed by atoms with van der Waals surface area (Å²) in [6.07, 6.45) is -4.60. The summed E-state index contributed by atoms with van der Waals surface area (Å²) in [5, 5.41) is 14.8. The zero-order valence-corrected chi connectivity index (χ0v) is 11.4. The fraction of sp³-hybridized carbons (Fsp3) is 0.154. The third kappa shape index (κ3) is 3.66. The first-order valence-electron chi connectivity index (χ1n) is 5.75. The molecule has 0 spiro atoms. The molecule has 0 aliphatic carbocycles. The van der Waals surface area contributed by atoms with Crippen LogP contribution in [-0.2, 0) is 12.8 Å². The Hall–Kier alpha value is -2.22. The van der Waals surface area contributed by atoms with Gasteiger partial charge in [0.1, 0.15) is 12.4 Å².